The quantitative estimate of drug-likeness (QED) is 0.293. The Kier molecular flexibility index (Phi) is 7.19. The molecule has 0 saturated carbocycles. The summed E-state index contributed by atoms with van der Waals surface area (Å²) in [5, 5.41) is 12.6. The molecule has 1 aromatic carbocycles. The molecule has 0 aliphatic heterocycles. The molecule has 0 fully saturated rings. The fraction of sp³-hybridized carbons (Fsp3) is 0.318. The number of nitrogens with one attached hydrogen (secondary N) is 2. The number of ether oxygens (including phenoxy) is 1. The van der Waals surface area contributed by atoms with E-state index in [1.165, 1.54) is 12.0 Å². The zero-order valence-corrected chi connectivity index (χ0v) is 21.6. The normalized spacial score (nSPS) is 15.2. The van der Waals surface area contributed by atoms with E-state index in [0.29, 0.717) is 39.0 Å². The molecule has 1 aliphatic carbocycles. The van der Waals surface area contributed by atoms with Crippen molar-refractivity contribution in [1.82, 2.24) is 9.78 Å². The van der Waals surface area contributed by atoms with Crippen molar-refractivity contribution in [3.63, 3.8) is 0 Å². The molecule has 2 aromatic heterocycles. The van der Waals surface area contributed by atoms with Crippen molar-refractivity contribution >= 4 is 73.0 Å². The second-order valence-electron chi connectivity index (χ2n) is 7.74. The van der Waals surface area contributed by atoms with Crippen LogP contribution in [-0.4, -0.2) is 28.0 Å². The lowest BCUT2D eigenvalue weighted by Gasteiger charge is -2.18. The number of rotatable bonds is 5. The molecule has 168 valence electrons. The molecule has 10 heteroatoms. The minimum Gasteiger partial charge on any atom is -0.465 e. The molecule has 3 aromatic rings. The van der Waals surface area contributed by atoms with Crippen LogP contribution in [0.5, 0.6) is 0 Å². The Morgan fingerprint density at radius 3 is 2.94 bits per heavy atom. The highest BCUT2D eigenvalue weighted by molar-refractivity contribution is 9.10. The molecular formula is C22H22BrClN4O2S2. The first-order valence-corrected chi connectivity index (χ1v) is 12.5. The molecule has 2 N–H and O–H groups in total. The standard InChI is InChI=1S/C22H22BrClN4O2S2/c1-12-7-8-14-17(9-12)32-20(18(14)21(29)30-2)26-22(31)25-19-15(23)11-28(27-19)10-13-5-3-4-6-16(13)24/h3-6,11-12H,7-10H2,1-2H3,(H2,25,26,27,31). The van der Waals surface area contributed by atoms with Crippen molar-refractivity contribution in [3.05, 3.63) is 61.5 Å². The predicted octanol–water partition coefficient (Wildman–Crippen LogP) is 6.13. The van der Waals surface area contributed by atoms with Crippen molar-refractivity contribution < 1.29 is 9.53 Å². The number of anilines is 2. The zero-order valence-electron chi connectivity index (χ0n) is 17.6. The number of thiocarbonyl (C=S) groups is 1. The van der Waals surface area contributed by atoms with Crippen LogP contribution in [0.1, 0.15) is 39.7 Å². The van der Waals surface area contributed by atoms with Gasteiger partial charge in [-0.25, -0.2) is 4.79 Å². The van der Waals surface area contributed by atoms with Crippen LogP contribution < -0.4 is 10.6 Å². The predicted molar refractivity (Wildman–Crippen MR) is 137 cm³/mol. The van der Waals surface area contributed by atoms with E-state index in [0.717, 1.165) is 34.9 Å². The molecule has 1 atom stereocenters. The number of esters is 1. The van der Waals surface area contributed by atoms with E-state index in [1.807, 2.05) is 30.5 Å². The molecule has 0 bridgehead atoms. The molecule has 1 unspecified atom stereocenters. The Morgan fingerprint density at radius 2 is 2.19 bits per heavy atom. The molecule has 1 aliphatic rings. The van der Waals surface area contributed by atoms with E-state index in [9.17, 15) is 4.79 Å². The number of nitrogens with zero attached hydrogens (tertiary/aromatic N) is 2. The van der Waals surface area contributed by atoms with E-state index in [4.69, 9.17) is 28.6 Å². The van der Waals surface area contributed by atoms with Crippen molar-refractivity contribution in [2.75, 3.05) is 17.7 Å². The third-order valence-corrected chi connectivity index (χ3v) is 7.69. The lowest BCUT2D eigenvalue weighted by molar-refractivity contribution is 0.0601. The summed E-state index contributed by atoms with van der Waals surface area (Å²) in [5.74, 6) is 0.833. The summed E-state index contributed by atoms with van der Waals surface area (Å²) in [6.07, 6.45) is 4.76. The number of hydrogen-bond acceptors (Lipinski definition) is 5. The number of aromatic nitrogens is 2. The largest absolute Gasteiger partial charge is 0.465 e. The van der Waals surface area contributed by atoms with Crippen LogP contribution in [0.3, 0.4) is 0 Å². The molecule has 6 nitrogen and oxygen atoms in total. The topological polar surface area (TPSA) is 68.2 Å². The van der Waals surface area contributed by atoms with Gasteiger partial charge in [-0.2, -0.15) is 5.10 Å². The SMILES string of the molecule is COC(=O)c1c(NC(=S)Nc2nn(Cc3ccccc3Cl)cc2Br)sc2c1CCC(C)C2. The maximum absolute atomic E-state index is 12.5. The van der Waals surface area contributed by atoms with Gasteiger partial charge in [0.05, 0.1) is 23.7 Å². The van der Waals surface area contributed by atoms with Crippen molar-refractivity contribution in [2.24, 2.45) is 5.92 Å². The van der Waals surface area contributed by atoms with Crippen LogP contribution >= 0.6 is 51.1 Å². The van der Waals surface area contributed by atoms with E-state index < -0.39 is 0 Å². The van der Waals surface area contributed by atoms with Crippen LogP contribution in [-0.2, 0) is 24.1 Å². The average Bonchev–Trinajstić information content (AvgIpc) is 3.27. The molecule has 0 amide bonds. The molecular weight excluding hydrogens is 532 g/mol. The second-order valence-corrected chi connectivity index (χ2v) is 10.5. The van der Waals surface area contributed by atoms with Gasteiger partial charge >= 0.3 is 5.97 Å². The van der Waals surface area contributed by atoms with Gasteiger partial charge in [0.15, 0.2) is 10.9 Å². The fourth-order valence-corrected chi connectivity index (χ4v) is 6.04. The Hall–Kier alpha value is -1.94. The van der Waals surface area contributed by atoms with Gasteiger partial charge in [-0.3, -0.25) is 4.68 Å². The second kappa shape index (κ2) is 9.91. The molecule has 2 heterocycles. The Labute approximate surface area is 209 Å². The van der Waals surface area contributed by atoms with Crippen LogP contribution in [0.2, 0.25) is 5.02 Å². The zero-order chi connectivity index (χ0) is 22.8. The first kappa shape index (κ1) is 23.2. The van der Waals surface area contributed by atoms with Crippen molar-refractivity contribution in [2.45, 2.75) is 32.7 Å². The minimum atomic E-state index is -0.340. The lowest BCUT2D eigenvalue weighted by Crippen LogP contribution is -2.21. The highest BCUT2D eigenvalue weighted by atomic mass is 79.9. The number of thiophene rings is 1. The third kappa shape index (κ3) is 5.01. The summed E-state index contributed by atoms with van der Waals surface area (Å²) in [6.45, 7) is 2.76. The van der Waals surface area contributed by atoms with E-state index >= 15 is 0 Å². The summed E-state index contributed by atoms with van der Waals surface area (Å²) in [5.41, 5.74) is 2.64. The van der Waals surface area contributed by atoms with E-state index in [-0.39, 0.29) is 5.97 Å². The summed E-state index contributed by atoms with van der Waals surface area (Å²) < 4.78 is 7.59. The minimum absolute atomic E-state index is 0.340. The Morgan fingerprint density at radius 1 is 1.41 bits per heavy atom. The number of fused-ring (bicyclic) bond motifs is 1. The highest BCUT2D eigenvalue weighted by Crippen LogP contribution is 2.40. The van der Waals surface area contributed by atoms with E-state index in [2.05, 4.69) is 38.6 Å². The van der Waals surface area contributed by atoms with Gasteiger partial charge in [0, 0.05) is 16.1 Å². The van der Waals surface area contributed by atoms with Crippen molar-refractivity contribution in [3.8, 4) is 0 Å². The monoisotopic (exact) mass is 552 g/mol. The summed E-state index contributed by atoms with van der Waals surface area (Å²) >= 11 is 16.9. The maximum atomic E-state index is 12.5. The number of benzene rings is 1. The molecule has 0 spiro atoms. The number of carbonyl (C=O) groups excluding carboxylic acids is 1. The number of methoxy groups -OCH3 is 1. The van der Waals surface area contributed by atoms with Gasteiger partial charge in [-0.05, 0) is 70.5 Å². The number of hydrogen-bond donors (Lipinski definition) is 2. The summed E-state index contributed by atoms with van der Waals surface area (Å²) in [7, 11) is 1.40. The Bertz CT molecular complexity index is 1180. The van der Waals surface area contributed by atoms with Crippen LogP contribution in [0.15, 0.2) is 34.9 Å². The van der Waals surface area contributed by atoms with Crippen LogP contribution in [0.25, 0.3) is 0 Å². The highest BCUT2D eigenvalue weighted by Gasteiger charge is 2.28. The Balaban J connectivity index is 1.50. The number of halogens is 2. The molecule has 4 rings (SSSR count). The number of carbonyl (C=O) groups is 1. The van der Waals surface area contributed by atoms with Gasteiger partial charge < -0.3 is 15.4 Å². The maximum Gasteiger partial charge on any atom is 0.341 e. The first-order valence-electron chi connectivity index (χ1n) is 10.1. The van der Waals surface area contributed by atoms with Crippen LogP contribution in [0, 0.1) is 5.92 Å². The first-order chi connectivity index (χ1) is 15.4. The van der Waals surface area contributed by atoms with Gasteiger partial charge in [0.25, 0.3) is 0 Å². The molecule has 0 radical (unpaired) electrons. The third-order valence-electron chi connectivity index (χ3n) is 5.37. The fourth-order valence-electron chi connectivity index (χ4n) is 3.76. The van der Waals surface area contributed by atoms with Gasteiger partial charge in [0.2, 0.25) is 0 Å². The van der Waals surface area contributed by atoms with Gasteiger partial charge in [-0.15, -0.1) is 11.3 Å². The van der Waals surface area contributed by atoms with Crippen molar-refractivity contribution in [1.29, 1.82) is 0 Å². The molecule has 0 saturated heterocycles. The lowest BCUT2D eigenvalue weighted by atomic mass is 9.88. The van der Waals surface area contributed by atoms with Gasteiger partial charge in [-0.1, -0.05) is 36.7 Å². The average molecular weight is 554 g/mol. The smallest absolute Gasteiger partial charge is 0.341 e. The summed E-state index contributed by atoms with van der Waals surface area (Å²) in [4.78, 5) is 13.7. The van der Waals surface area contributed by atoms with E-state index in [1.54, 1.807) is 16.0 Å². The van der Waals surface area contributed by atoms with Gasteiger partial charge in [0.1, 0.15) is 5.00 Å². The molecule has 32 heavy (non-hydrogen) atoms. The van der Waals surface area contributed by atoms with Crippen LogP contribution in [0.4, 0.5) is 10.8 Å². The summed E-state index contributed by atoms with van der Waals surface area (Å²) in [6, 6.07) is 7.66.